The van der Waals surface area contributed by atoms with Crippen molar-refractivity contribution in [1.82, 2.24) is 20.9 Å². The summed E-state index contributed by atoms with van der Waals surface area (Å²) in [5, 5.41) is 10.5. The van der Waals surface area contributed by atoms with E-state index >= 15 is 0 Å². The number of nitrogens with one attached hydrogen (secondary N) is 4. The number of rotatable bonds is 6. The fourth-order valence-electron chi connectivity index (χ4n) is 2.98. The van der Waals surface area contributed by atoms with E-state index in [-0.39, 0.29) is 5.91 Å². The monoisotopic (exact) mass is 363 g/mol. The van der Waals surface area contributed by atoms with Crippen LogP contribution in [0.1, 0.15) is 21.5 Å². The number of carbonyl (C=O) groups excluding carboxylic acids is 1. The molecule has 2 aromatic carbocycles. The van der Waals surface area contributed by atoms with Crippen molar-refractivity contribution in [1.29, 1.82) is 0 Å². The first-order chi connectivity index (χ1) is 13.2. The summed E-state index contributed by atoms with van der Waals surface area (Å²) in [7, 11) is 3.39. The Morgan fingerprint density at radius 2 is 1.85 bits per heavy atom. The summed E-state index contributed by atoms with van der Waals surface area (Å²) in [5.74, 6) is 0.675. The van der Waals surface area contributed by atoms with Crippen molar-refractivity contribution in [2.75, 3.05) is 20.6 Å². The molecule has 6 heteroatoms. The third-order valence-electron chi connectivity index (χ3n) is 4.49. The van der Waals surface area contributed by atoms with Crippen molar-refractivity contribution in [3.63, 3.8) is 0 Å². The second-order valence-corrected chi connectivity index (χ2v) is 6.24. The summed E-state index contributed by atoms with van der Waals surface area (Å²) < 4.78 is 0. The van der Waals surface area contributed by atoms with Gasteiger partial charge < -0.3 is 20.9 Å². The van der Waals surface area contributed by atoms with Gasteiger partial charge in [-0.2, -0.15) is 0 Å². The molecule has 0 aliphatic heterocycles. The Labute approximate surface area is 159 Å². The van der Waals surface area contributed by atoms with E-state index < -0.39 is 0 Å². The van der Waals surface area contributed by atoms with Crippen molar-refractivity contribution in [2.45, 2.75) is 13.0 Å². The van der Waals surface area contributed by atoms with Crippen LogP contribution in [-0.4, -0.2) is 37.5 Å². The molecule has 6 nitrogen and oxygen atoms in total. The molecule has 3 aromatic rings. The number of hydrogen-bond acceptors (Lipinski definition) is 2. The van der Waals surface area contributed by atoms with Crippen LogP contribution in [0.5, 0.6) is 0 Å². The standard InChI is InChI=1S/C21H25N5O/c1-22-20(27)16-9-7-15(8-10-16)13-26-21(23-2)24-12-11-17-14-25-19-6-4-3-5-18(17)19/h3-10,14,25H,11-13H2,1-2H3,(H,22,27)(H2,23,24,26). The number of benzene rings is 2. The Hall–Kier alpha value is -3.28. The Kier molecular flexibility index (Phi) is 6.10. The molecule has 0 unspecified atom stereocenters. The molecule has 0 radical (unpaired) electrons. The highest BCUT2D eigenvalue weighted by Gasteiger charge is 2.05. The lowest BCUT2D eigenvalue weighted by Gasteiger charge is -2.12. The third kappa shape index (κ3) is 4.67. The second-order valence-electron chi connectivity index (χ2n) is 6.24. The van der Waals surface area contributed by atoms with Crippen LogP contribution in [0.2, 0.25) is 0 Å². The van der Waals surface area contributed by atoms with Gasteiger partial charge in [0.15, 0.2) is 5.96 Å². The van der Waals surface area contributed by atoms with Crippen LogP contribution in [0, 0.1) is 0 Å². The van der Waals surface area contributed by atoms with E-state index in [1.165, 1.54) is 10.9 Å². The molecule has 0 spiro atoms. The molecule has 0 saturated heterocycles. The predicted molar refractivity (Wildman–Crippen MR) is 110 cm³/mol. The van der Waals surface area contributed by atoms with Crippen LogP contribution in [0.3, 0.4) is 0 Å². The molecule has 0 aliphatic rings. The van der Waals surface area contributed by atoms with Gasteiger partial charge in [-0.25, -0.2) is 0 Å². The number of aromatic amines is 1. The molecular weight excluding hydrogens is 338 g/mol. The molecule has 140 valence electrons. The van der Waals surface area contributed by atoms with Gasteiger partial charge in [-0.05, 0) is 35.7 Å². The van der Waals surface area contributed by atoms with Gasteiger partial charge in [0, 0.05) is 49.8 Å². The van der Waals surface area contributed by atoms with E-state index in [1.807, 2.05) is 30.3 Å². The number of carbonyl (C=O) groups is 1. The van der Waals surface area contributed by atoms with Gasteiger partial charge in [0.25, 0.3) is 5.91 Å². The number of amides is 1. The lowest BCUT2D eigenvalue weighted by molar-refractivity contribution is 0.0963. The van der Waals surface area contributed by atoms with Gasteiger partial charge >= 0.3 is 0 Å². The van der Waals surface area contributed by atoms with Crippen molar-refractivity contribution >= 4 is 22.8 Å². The third-order valence-corrected chi connectivity index (χ3v) is 4.49. The van der Waals surface area contributed by atoms with E-state index in [9.17, 15) is 4.79 Å². The minimum absolute atomic E-state index is 0.0794. The maximum absolute atomic E-state index is 11.6. The van der Waals surface area contributed by atoms with Gasteiger partial charge in [-0.15, -0.1) is 0 Å². The molecule has 0 saturated carbocycles. The lowest BCUT2D eigenvalue weighted by Crippen LogP contribution is -2.37. The fourth-order valence-corrected chi connectivity index (χ4v) is 2.98. The normalized spacial score (nSPS) is 11.4. The van der Waals surface area contributed by atoms with Crippen LogP contribution >= 0.6 is 0 Å². The van der Waals surface area contributed by atoms with Gasteiger partial charge in [-0.1, -0.05) is 30.3 Å². The lowest BCUT2D eigenvalue weighted by atomic mass is 10.1. The van der Waals surface area contributed by atoms with Crippen LogP contribution in [0.15, 0.2) is 59.7 Å². The fraction of sp³-hybridized carbons (Fsp3) is 0.238. The molecular formula is C21H25N5O. The Bertz CT molecular complexity index is 927. The number of nitrogens with zero attached hydrogens (tertiary/aromatic N) is 1. The summed E-state index contributed by atoms with van der Waals surface area (Å²) in [6.45, 7) is 1.43. The quantitative estimate of drug-likeness (QED) is 0.401. The van der Waals surface area contributed by atoms with Crippen LogP contribution in [0.4, 0.5) is 0 Å². The van der Waals surface area contributed by atoms with Crippen LogP contribution in [-0.2, 0) is 13.0 Å². The van der Waals surface area contributed by atoms with Crippen LogP contribution < -0.4 is 16.0 Å². The molecule has 1 heterocycles. The topological polar surface area (TPSA) is 81.3 Å². The molecule has 3 rings (SSSR count). The molecule has 0 fully saturated rings. The Morgan fingerprint density at radius 3 is 2.59 bits per heavy atom. The zero-order chi connectivity index (χ0) is 19.1. The summed E-state index contributed by atoms with van der Waals surface area (Å²) >= 11 is 0. The minimum Gasteiger partial charge on any atom is -0.361 e. The highest BCUT2D eigenvalue weighted by Crippen LogP contribution is 2.17. The largest absolute Gasteiger partial charge is 0.361 e. The smallest absolute Gasteiger partial charge is 0.251 e. The second kappa shape index (κ2) is 8.89. The predicted octanol–water partition coefficient (Wildman–Crippen LogP) is 2.44. The van der Waals surface area contributed by atoms with E-state index in [0.29, 0.717) is 12.1 Å². The van der Waals surface area contributed by atoms with Crippen LogP contribution in [0.25, 0.3) is 10.9 Å². The number of hydrogen-bond donors (Lipinski definition) is 4. The molecule has 27 heavy (non-hydrogen) atoms. The number of para-hydroxylation sites is 1. The Morgan fingerprint density at radius 1 is 1.07 bits per heavy atom. The molecule has 1 amide bonds. The van der Waals surface area contributed by atoms with E-state index in [0.717, 1.165) is 30.0 Å². The van der Waals surface area contributed by atoms with Crippen molar-refractivity contribution in [3.05, 3.63) is 71.4 Å². The van der Waals surface area contributed by atoms with E-state index in [1.54, 1.807) is 14.1 Å². The van der Waals surface area contributed by atoms with Gasteiger partial charge in [-0.3, -0.25) is 9.79 Å². The summed E-state index contributed by atoms with van der Waals surface area (Å²) in [6, 6.07) is 15.8. The maximum atomic E-state index is 11.6. The zero-order valence-corrected chi connectivity index (χ0v) is 15.7. The van der Waals surface area contributed by atoms with E-state index in [4.69, 9.17) is 0 Å². The number of guanidine groups is 1. The summed E-state index contributed by atoms with van der Waals surface area (Å²) in [4.78, 5) is 19.1. The molecule has 0 atom stereocenters. The van der Waals surface area contributed by atoms with Gasteiger partial charge in [0.05, 0.1) is 0 Å². The van der Waals surface area contributed by atoms with Crippen molar-refractivity contribution in [2.24, 2.45) is 4.99 Å². The molecule has 4 N–H and O–H groups in total. The van der Waals surface area contributed by atoms with E-state index in [2.05, 4.69) is 50.3 Å². The number of aromatic nitrogens is 1. The minimum atomic E-state index is -0.0794. The zero-order valence-electron chi connectivity index (χ0n) is 15.7. The van der Waals surface area contributed by atoms with Crippen molar-refractivity contribution < 1.29 is 4.79 Å². The first-order valence-electron chi connectivity index (χ1n) is 9.02. The number of aliphatic imine (C=N–C) groups is 1. The molecule has 0 bridgehead atoms. The first-order valence-corrected chi connectivity index (χ1v) is 9.02. The summed E-state index contributed by atoms with van der Waals surface area (Å²) in [6.07, 6.45) is 2.97. The number of H-pyrrole nitrogens is 1. The average molecular weight is 363 g/mol. The highest BCUT2D eigenvalue weighted by molar-refractivity contribution is 5.94. The van der Waals surface area contributed by atoms with Crippen molar-refractivity contribution in [3.8, 4) is 0 Å². The average Bonchev–Trinajstić information content (AvgIpc) is 3.13. The SMILES string of the molecule is CN=C(NCCc1c[nH]c2ccccc12)NCc1ccc(C(=O)NC)cc1. The Balaban J connectivity index is 1.49. The first kappa shape index (κ1) is 18.5. The molecule has 0 aliphatic carbocycles. The van der Waals surface area contributed by atoms with Gasteiger partial charge in [0.1, 0.15) is 0 Å². The highest BCUT2D eigenvalue weighted by atomic mass is 16.1. The van der Waals surface area contributed by atoms with Gasteiger partial charge in [0.2, 0.25) is 0 Å². The maximum Gasteiger partial charge on any atom is 0.251 e. The molecule has 1 aromatic heterocycles. The number of fused-ring (bicyclic) bond motifs is 1. The summed E-state index contributed by atoms with van der Waals surface area (Å²) in [5.41, 5.74) is 4.19.